The van der Waals surface area contributed by atoms with E-state index in [2.05, 4.69) is 33.0 Å². The van der Waals surface area contributed by atoms with E-state index < -0.39 is 0 Å². The molecule has 0 aliphatic heterocycles. The van der Waals surface area contributed by atoms with E-state index in [-0.39, 0.29) is 11.1 Å². The van der Waals surface area contributed by atoms with Crippen LogP contribution in [0.4, 0.5) is 0 Å². The van der Waals surface area contributed by atoms with E-state index in [1.807, 2.05) is 6.92 Å². The highest BCUT2D eigenvalue weighted by molar-refractivity contribution is 4.91. The molecule has 0 aromatic rings. The van der Waals surface area contributed by atoms with Gasteiger partial charge in [0.25, 0.3) is 0 Å². The quantitative estimate of drug-likeness (QED) is 0.689. The predicted octanol–water partition coefficient (Wildman–Crippen LogP) is 3.77. The third-order valence-electron chi connectivity index (χ3n) is 4.37. The molecule has 3 heteroatoms. The number of ether oxygens (including phenoxy) is 2. The van der Waals surface area contributed by atoms with Gasteiger partial charge in [-0.2, -0.15) is 0 Å². The maximum absolute atomic E-state index is 6.27. The summed E-state index contributed by atoms with van der Waals surface area (Å²) < 4.78 is 11.7. The molecular formula is C17H35NO2. The van der Waals surface area contributed by atoms with Gasteiger partial charge >= 0.3 is 0 Å². The Morgan fingerprint density at radius 2 is 1.75 bits per heavy atom. The van der Waals surface area contributed by atoms with Crippen molar-refractivity contribution in [3.05, 3.63) is 0 Å². The van der Waals surface area contributed by atoms with Crippen molar-refractivity contribution in [2.75, 3.05) is 26.4 Å². The van der Waals surface area contributed by atoms with Crippen molar-refractivity contribution < 1.29 is 9.47 Å². The van der Waals surface area contributed by atoms with E-state index in [0.29, 0.717) is 6.61 Å². The first kappa shape index (κ1) is 17.9. The zero-order valence-electron chi connectivity index (χ0n) is 14.3. The van der Waals surface area contributed by atoms with Crippen molar-refractivity contribution in [1.29, 1.82) is 0 Å². The van der Waals surface area contributed by atoms with Crippen LogP contribution in [0.5, 0.6) is 0 Å². The van der Waals surface area contributed by atoms with Crippen molar-refractivity contribution >= 4 is 0 Å². The highest BCUT2D eigenvalue weighted by Crippen LogP contribution is 2.36. The second-order valence-corrected chi connectivity index (χ2v) is 7.18. The topological polar surface area (TPSA) is 30.5 Å². The van der Waals surface area contributed by atoms with Gasteiger partial charge in [0, 0.05) is 18.7 Å². The predicted molar refractivity (Wildman–Crippen MR) is 85.2 cm³/mol. The average Bonchev–Trinajstić information content (AvgIpc) is 2.42. The molecule has 0 atom stereocenters. The molecule has 0 saturated heterocycles. The molecule has 20 heavy (non-hydrogen) atoms. The fraction of sp³-hybridized carbons (Fsp3) is 1.00. The molecule has 120 valence electrons. The minimum absolute atomic E-state index is 0.0239. The minimum atomic E-state index is 0.0239. The lowest BCUT2D eigenvalue weighted by Gasteiger charge is -2.42. The highest BCUT2D eigenvalue weighted by Gasteiger charge is 2.36. The molecule has 1 rings (SSSR count). The third kappa shape index (κ3) is 6.55. The Morgan fingerprint density at radius 3 is 2.25 bits per heavy atom. The van der Waals surface area contributed by atoms with Gasteiger partial charge in [0.15, 0.2) is 0 Å². The minimum Gasteiger partial charge on any atom is -0.379 e. The summed E-state index contributed by atoms with van der Waals surface area (Å²) in [5.74, 6) is 0.897. The molecule has 1 fully saturated rings. The monoisotopic (exact) mass is 285 g/mol. The molecule has 0 radical (unpaired) electrons. The van der Waals surface area contributed by atoms with Crippen molar-refractivity contribution in [2.24, 2.45) is 5.92 Å². The Bertz CT molecular complexity index is 252. The van der Waals surface area contributed by atoms with E-state index >= 15 is 0 Å². The molecule has 0 unspecified atom stereocenters. The number of nitrogens with one attached hydrogen (secondary N) is 1. The zero-order valence-corrected chi connectivity index (χ0v) is 14.3. The second kappa shape index (κ2) is 8.35. The van der Waals surface area contributed by atoms with Crippen LogP contribution in [0.3, 0.4) is 0 Å². The molecule has 1 aliphatic rings. The Hall–Kier alpha value is -0.120. The summed E-state index contributed by atoms with van der Waals surface area (Å²) in [6.07, 6.45) is 6.27. The first-order chi connectivity index (χ1) is 9.41. The maximum atomic E-state index is 6.27. The van der Waals surface area contributed by atoms with Gasteiger partial charge in [-0.3, -0.25) is 0 Å². The first-order valence-corrected chi connectivity index (χ1v) is 8.37. The number of hydrogen-bond acceptors (Lipinski definition) is 3. The maximum Gasteiger partial charge on any atom is 0.0807 e. The molecule has 1 saturated carbocycles. The van der Waals surface area contributed by atoms with Gasteiger partial charge in [-0.25, -0.2) is 0 Å². The van der Waals surface area contributed by atoms with Crippen molar-refractivity contribution in [1.82, 2.24) is 5.32 Å². The standard InChI is InChI=1S/C17H35NO2/c1-6-15-8-10-17(11-9-15,14-18-16(3,4)5)20-13-12-19-7-2/h15,18H,6-14H2,1-5H3. The Balaban J connectivity index is 2.50. The molecule has 1 N–H and O–H groups in total. The summed E-state index contributed by atoms with van der Waals surface area (Å²) >= 11 is 0. The smallest absolute Gasteiger partial charge is 0.0807 e. The van der Waals surface area contributed by atoms with Crippen LogP contribution < -0.4 is 5.32 Å². The van der Waals surface area contributed by atoms with Crippen molar-refractivity contribution in [3.8, 4) is 0 Å². The third-order valence-corrected chi connectivity index (χ3v) is 4.37. The van der Waals surface area contributed by atoms with Crippen LogP contribution in [0.25, 0.3) is 0 Å². The van der Waals surface area contributed by atoms with Gasteiger partial charge in [0.1, 0.15) is 0 Å². The van der Waals surface area contributed by atoms with Crippen LogP contribution in [0.1, 0.15) is 66.7 Å². The lowest BCUT2D eigenvalue weighted by Crippen LogP contribution is -2.51. The fourth-order valence-electron chi connectivity index (χ4n) is 2.87. The lowest BCUT2D eigenvalue weighted by atomic mass is 9.77. The van der Waals surface area contributed by atoms with Crippen LogP contribution >= 0.6 is 0 Å². The Labute approximate surface area is 125 Å². The van der Waals surface area contributed by atoms with E-state index in [1.54, 1.807) is 0 Å². The molecule has 0 bridgehead atoms. The molecule has 1 aliphatic carbocycles. The first-order valence-electron chi connectivity index (χ1n) is 8.37. The van der Waals surface area contributed by atoms with E-state index in [0.717, 1.165) is 25.7 Å². The summed E-state index contributed by atoms with van der Waals surface area (Å²) in [5, 5.41) is 3.64. The van der Waals surface area contributed by atoms with Crippen LogP contribution in [0.15, 0.2) is 0 Å². The van der Waals surface area contributed by atoms with Gasteiger partial charge in [0.2, 0.25) is 0 Å². The van der Waals surface area contributed by atoms with Crippen LogP contribution in [0.2, 0.25) is 0 Å². The molecule has 0 aromatic carbocycles. The molecule has 3 nitrogen and oxygen atoms in total. The molecule has 0 amide bonds. The normalized spacial score (nSPS) is 27.8. The molecule has 0 heterocycles. The van der Waals surface area contributed by atoms with Gasteiger partial charge < -0.3 is 14.8 Å². The lowest BCUT2D eigenvalue weighted by molar-refractivity contribution is -0.0943. The zero-order chi connectivity index (χ0) is 15.1. The summed E-state index contributed by atoms with van der Waals surface area (Å²) in [5.41, 5.74) is 0.175. The summed E-state index contributed by atoms with van der Waals surface area (Å²) in [6.45, 7) is 14.2. The molecular weight excluding hydrogens is 250 g/mol. The largest absolute Gasteiger partial charge is 0.379 e. The fourth-order valence-corrected chi connectivity index (χ4v) is 2.87. The SMILES string of the molecule is CCOCCOC1(CNC(C)(C)C)CCC(CC)CC1. The van der Waals surface area contributed by atoms with Gasteiger partial charge in [-0.15, -0.1) is 0 Å². The van der Waals surface area contributed by atoms with Gasteiger partial charge in [-0.05, 0) is 59.3 Å². The molecule has 0 spiro atoms. The summed E-state index contributed by atoms with van der Waals surface area (Å²) in [4.78, 5) is 0. The second-order valence-electron chi connectivity index (χ2n) is 7.18. The van der Waals surface area contributed by atoms with Crippen molar-refractivity contribution in [3.63, 3.8) is 0 Å². The summed E-state index contributed by atoms with van der Waals surface area (Å²) in [7, 11) is 0. The molecule has 0 aromatic heterocycles. The van der Waals surface area contributed by atoms with Crippen LogP contribution in [0, 0.1) is 5.92 Å². The number of rotatable bonds is 8. The van der Waals surface area contributed by atoms with Gasteiger partial charge in [-0.1, -0.05) is 13.3 Å². The van der Waals surface area contributed by atoms with E-state index in [9.17, 15) is 0 Å². The summed E-state index contributed by atoms with van der Waals surface area (Å²) in [6, 6.07) is 0. The highest BCUT2D eigenvalue weighted by atomic mass is 16.5. The Morgan fingerprint density at radius 1 is 1.10 bits per heavy atom. The number of hydrogen-bond donors (Lipinski definition) is 1. The van der Waals surface area contributed by atoms with Crippen LogP contribution in [-0.4, -0.2) is 37.5 Å². The van der Waals surface area contributed by atoms with Gasteiger partial charge in [0.05, 0.1) is 18.8 Å². The van der Waals surface area contributed by atoms with E-state index in [4.69, 9.17) is 9.47 Å². The average molecular weight is 285 g/mol. The Kier molecular flexibility index (Phi) is 7.49. The van der Waals surface area contributed by atoms with Crippen molar-refractivity contribution in [2.45, 2.75) is 77.9 Å². The van der Waals surface area contributed by atoms with Crippen LogP contribution in [-0.2, 0) is 9.47 Å². The van der Waals surface area contributed by atoms with E-state index in [1.165, 1.54) is 32.1 Å².